The van der Waals surface area contributed by atoms with Crippen molar-refractivity contribution in [2.24, 2.45) is 5.73 Å². The summed E-state index contributed by atoms with van der Waals surface area (Å²) in [7, 11) is 0. The summed E-state index contributed by atoms with van der Waals surface area (Å²) in [6.07, 6.45) is 0. The second-order valence-electron chi connectivity index (χ2n) is 3.44. The van der Waals surface area contributed by atoms with Gasteiger partial charge >= 0.3 is 5.97 Å². The molecule has 1 aromatic rings. The molecule has 0 amide bonds. The molecule has 0 atom stereocenters. The molecule has 0 unspecified atom stereocenters. The van der Waals surface area contributed by atoms with Crippen molar-refractivity contribution >= 4 is 11.7 Å². The maximum atomic E-state index is 10.7. The van der Waals surface area contributed by atoms with Crippen LogP contribution in [0.1, 0.15) is 5.56 Å². The molecule has 0 spiro atoms. The van der Waals surface area contributed by atoms with Crippen LogP contribution in [0.15, 0.2) is 24.3 Å². The van der Waals surface area contributed by atoms with E-state index in [1.807, 2.05) is 31.2 Å². The van der Waals surface area contributed by atoms with E-state index in [0.29, 0.717) is 13.1 Å². The lowest BCUT2D eigenvalue weighted by molar-refractivity contribution is -0.135. The first kappa shape index (κ1) is 11.5. The third-order valence-electron chi connectivity index (χ3n) is 2.09. The van der Waals surface area contributed by atoms with Gasteiger partial charge in [-0.2, -0.15) is 0 Å². The topological polar surface area (TPSA) is 66.6 Å². The van der Waals surface area contributed by atoms with E-state index in [4.69, 9.17) is 10.8 Å². The molecule has 4 heteroatoms. The lowest BCUT2D eigenvalue weighted by atomic mass is 10.2. The van der Waals surface area contributed by atoms with Crippen LogP contribution in [0.2, 0.25) is 0 Å². The van der Waals surface area contributed by atoms with Gasteiger partial charge in [-0.05, 0) is 24.6 Å². The highest BCUT2D eigenvalue weighted by Crippen LogP contribution is 2.14. The first-order valence-electron chi connectivity index (χ1n) is 4.87. The molecule has 0 aliphatic rings. The first-order chi connectivity index (χ1) is 7.13. The van der Waals surface area contributed by atoms with Gasteiger partial charge in [-0.15, -0.1) is 0 Å². The van der Waals surface area contributed by atoms with Crippen LogP contribution >= 0.6 is 0 Å². The van der Waals surface area contributed by atoms with Crippen molar-refractivity contribution in [2.75, 3.05) is 24.5 Å². The number of carbonyl (C=O) groups is 1. The molecule has 0 fully saturated rings. The molecule has 15 heavy (non-hydrogen) atoms. The number of aryl methyl sites for hydroxylation is 1. The molecule has 4 nitrogen and oxygen atoms in total. The lowest BCUT2D eigenvalue weighted by Gasteiger charge is -2.22. The highest BCUT2D eigenvalue weighted by Gasteiger charge is 2.09. The van der Waals surface area contributed by atoms with Gasteiger partial charge in [-0.3, -0.25) is 4.79 Å². The fourth-order valence-corrected chi connectivity index (χ4v) is 1.44. The fraction of sp³-hybridized carbons (Fsp3) is 0.364. The number of benzene rings is 1. The zero-order chi connectivity index (χ0) is 11.3. The van der Waals surface area contributed by atoms with Gasteiger partial charge in [-0.1, -0.05) is 12.1 Å². The summed E-state index contributed by atoms with van der Waals surface area (Å²) < 4.78 is 0. The number of nitrogens with two attached hydrogens (primary N) is 1. The summed E-state index contributed by atoms with van der Waals surface area (Å²) in [5.41, 5.74) is 7.46. The van der Waals surface area contributed by atoms with Gasteiger partial charge in [0.15, 0.2) is 0 Å². The number of anilines is 1. The smallest absolute Gasteiger partial charge is 0.323 e. The van der Waals surface area contributed by atoms with Crippen LogP contribution < -0.4 is 10.6 Å². The van der Waals surface area contributed by atoms with Crippen molar-refractivity contribution in [3.63, 3.8) is 0 Å². The van der Waals surface area contributed by atoms with Crippen molar-refractivity contribution in [2.45, 2.75) is 6.92 Å². The van der Waals surface area contributed by atoms with Crippen LogP contribution in [0.4, 0.5) is 5.69 Å². The SMILES string of the molecule is Cc1cccc(N(CCN)CC(=O)O)c1. The molecule has 1 rings (SSSR count). The zero-order valence-corrected chi connectivity index (χ0v) is 8.81. The Balaban J connectivity index is 2.83. The summed E-state index contributed by atoms with van der Waals surface area (Å²) in [6, 6.07) is 7.74. The van der Waals surface area contributed by atoms with Gasteiger partial charge in [0.25, 0.3) is 0 Å². The van der Waals surface area contributed by atoms with E-state index in [-0.39, 0.29) is 6.54 Å². The molecule has 1 aromatic carbocycles. The van der Waals surface area contributed by atoms with Crippen molar-refractivity contribution in [3.05, 3.63) is 29.8 Å². The Morgan fingerprint density at radius 1 is 1.53 bits per heavy atom. The Morgan fingerprint density at radius 3 is 2.80 bits per heavy atom. The lowest BCUT2D eigenvalue weighted by Crippen LogP contribution is -2.34. The maximum Gasteiger partial charge on any atom is 0.323 e. The number of rotatable bonds is 5. The number of aliphatic carboxylic acids is 1. The van der Waals surface area contributed by atoms with Gasteiger partial charge in [0.05, 0.1) is 0 Å². The normalized spacial score (nSPS) is 10.0. The first-order valence-corrected chi connectivity index (χ1v) is 4.87. The summed E-state index contributed by atoms with van der Waals surface area (Å²) in [4.78, 5) is 12.4. The second kappa shape index (κ2) is 5.36. The van der Waals surface area contributed by atoms with Gasteiger partial charge in [-0.25, -0.2) is 0 Å². The Kier molecular flexibility index (Phi) is 4.12. The van der Waals surface area contributed by atoms with Gasteiger partial charge in [0, 0.05) is 18.8 Å². The third-order valence-corrected chi connectivity index (χ3v) is 2.09. The largest absolute Gasteiger partial charge is 0.480 e. The Hall–Kier alpha value is -1.55. The second-order valence-corrected chi connectivity index (χ2v) is 3.44. The molecule has 82 valence electrons. The third kappa shape index (κ3) is 3.59. The van der Waals surface area contributed by atoms with Gasteiger partial charge in [0.1, 0.15) is 6.54 Å². The molecular weight excluding hydrogens is 192 g/mol. The molecule has 0 aliphatic carbocycles. The van der Waals surface area contributed by atoms with E-state index in [1.165, 1.54) is 0 Å². The van der Waals surface area contributed by atoms with Crippen LogP contribution in [-0.2, 0) is 4.79 Å². The average molecular weight is 208 g/mol. The molecule has 0 saturated carbocycles. The van der Waals surface area contributed by atoms with E-state index in [0.717, 1.165) is 11.3 Å². The molecule has 0 saturated heterocycles. The van der Waals surface area contributed by atoms with Crippen molar-refractivity contribution in [3.8, 4) is 0 Å². The van der Waals surface area contributed by atoms with Gasteiger partial charge in [0.2, 0.25) is 0 Å². The molecule has 0 aromatic heterocycles. The quantitative estimate of drug-likeness (QED) is 0.752. The van der Waals surface area contributed by atoms with E-state index in [9.17, 15) is 4.79 Å². The zero-order valence-electron chi connectivity index (χ0n) is 8.81. The summed E-state index contributed by atoms with van der Waals surface area (Å²) in [6.45, 7) is 2.96. The van der Waals surface area contributed by atoms with Crippen LogP contribution in [0.3, 0.4) is 0 Å². The van der Waals surface area contributed by atoms with Crippen LogP contribution in [-0.4, -0.2) is 30.7 Å². The minimum atomic E-state index is -0.843. The maximum absolute atomic E-state index is 10.7. The standard InChI is InChI=1S/C11H16N2O2/c1-9-3-2-4-10(7-9)13(6-5-12)8-11(14)15/h2-4,7H,5-6,8,12H2,1H3,(H,14,15). The highest BCUT2D eigenvalue weighted by molar-refractivity contribution is 5.73. The fourth-order valence-electron chi connectivity index (χ4n) is 1.44. The van der Waals surface area contributed by atoms with Crippen LogP contribution in [0, 0.1) is 6.92 Å². The van der Waals surface area contributed by atoms with E-state index in [2.05, 4.69) is 0 Å². The number of carboxylic acid groups (broad SMARTS) is 1. The van der Waals surface area contributed by atoms with E-state index < -0.39 is 5.97 Å². The molecule has 0 radical (unpaired) electrons. The monoisotopic (exact) mass is 208 g/mol. The summed E-state index contributed by atoms with van der Waals surface area (Å²) >= 11 is 0. The number of hydrogen-bond donors (Lipinski definition) is 2. The Morgan fingerprint density at radius 2 is 2.27 bits per heavy atom. The molecule has 3 N–H and O–H groups in total. The molecule has 0 heterocycles. The predicted octanol–water partition coefficient (Wildman–Crippen LogP) is 0.845. The van der Waals surface area contributed by atoms with Crippen LogP contribution in [0.5, 0.6) is 0 Å². The molecule has 0 aliphatic heterocycles. The van der Waals surface area contributed by atoms with Crippen LogP contribution in [0.25, 0.3) is 0 Å². The van der Waals surface area contributed by atoms with Crippen molar-refractivity contribution in [1.29, 1.82) is 0 Å². The van der Waals surface area contributed by atoms with E-state index in [1.54, 1.807) is 4.90 Å². The minimum absolute atomic E-state index is 0.0132. The Labute approximate surface area is 89.3 Å². The molecular formula is C11H16N2O2. The van der Waals surface area contributed by atoms with E-state index >= 15 is 0 Å². The average Bonchev–Trinajstić information content (AvgIpc) is 2.16. The number of carboxylic acids is 1. The number of hydrogen-bond acceptors (Lipinski definition) is 3. The summed E-state index contributed by atoms with van der Waals surface area (Å²) in [5.74, 6) is -0.843. The van der Waals surface area contributed by atoms with Crippen molar-refractivity contribution in [1.82, 2.24) is 0 Å². The Bertz CT molecular complexity index is 339. The highest BCUT2D eigenvalue weighted by atomic mass is 16.4. The van der Waals surface area contributed by atoms with Gasteiger partial charge < -0.3 is 15.7 Å². The number of nitrogens with zero attached hydrogens (tertiary/aromatic N) is 1. The summed E-state index contributed by atoms with van der Waals surface area (Å²) in [5, 5.41) is 8.76. The van der Waals surface area contributed by atoms with Crippen molar-refractivity contribution < 1.29 is 9.90 Å². The predicted molar refractivity (Wildman–Crippen MR) is 60.1 cm³/mol. The minimum Gasteiger partial charge on any atom is -0.480 e. The molecule has 0 bridgehead atoms.